The summed E-state index contributed by atoms with van der Waals surface area (Å²) in [6, 6.07) is 0. The molecular weight excluding hydrogens is 88.0 g/mol. The number of halogens is 2. The second-order valence-electron chi connectivity index (χ2n) is 0.881. The van der Waals surface area contributed by atoms with E-state index < -0.39 is 11.8 Å². The molecule has 0 rings (SSSR count). The lowest BCUT2D eigenvalue weighted by Gasteiger charge is -1.79. The lowest BCUT2D eigenvalue weighted by Crippen LogP contribution is -1.88. The summed E-state index contributed by atoms with van der Waals surface area (Å²) in [5.41, 5.74) is 4.27. The Morgan fingerprint density at radius 3 is 1.67 bits per heavy atom. The van der Waals surface area contributed by atoms with Crippen LogP contribution in [0.1, 0.15) is 6.92 Å². The minimum atomic E-state index is -1.24. The molecule has 0 heterocycles. The van der Waals surface area contributed by atoms with E-state index in [1.807, 2.05) is 0 Å². The van der Waals surface area contributed by atoms with E-state index in [9.17, 15) is 8.78 Å². The first kappa shape index (κ1) is 5.40. The van der Waals surface area contributed by atoms with Crippen LogP contribution in [0.4, 0.5) is 8.78 Å². The maximum atomic E-state index is 11.2. The van der Waals surface area contributed by atoms with E-state index in [1.165, 1.54) is 0 Å². The number of nitrogens with two attached hydrogens (primary N) is 1. The Balaban J connectivity index is 3.68. The van der Waals surface area contributed by atoms with Crippen LogP contribution in [0.5, 0.6) is 0 Å². The van der Waals surface area contributed by atoms with Gasteiger partial charge in [-0.05, 0) is 6.92 Å². The van der Waals surface area contributed by atoms with Crippen molar-refractivity contribution in [1.82, 2.24) is 0 Å². The fourth-order valence-corrected chi connectivity index (χ4v) is 0. The predicted octanol–water partition coefficient (Wildman–Crippen LogP) is 1.07. The first-order chi connectivity index (χ1) is 2.64. The standard InChI is InChI=1S/C3H5F2N/c1-2(4)3(5)6/h6H2,1H3/b3-2+. The molecule has 3 heteroatoms. The third-order valence-electron chi connectivity index (χ3n) is 0.329. The summed E-state index contributed by atoms with van der Waals surface area (Å²) in [6.07, 6.45) is 0. The number of hydrogen-bond donors (Lipinski definition) is 1. The van der Waals surface area contributed by atoms with Crippen LogP contribution in [0.2, 0.25) is 0 Å². The minimum Gasteiger partial charge on any atom is -0.373 e. The Morgan fingerprint density at radius 1 is 1.50 bits per heavy atom. The molecule has 0 radical (unpaired) electrons. The first-order valence-corrected chi connectivity index (χ1v) is 1.42. The number of hydrogen-bond acceptors (Lipinski definition) is 1. The molecule has 0 saturated carbocycles. The molecule has 6 heavy (non-hydrogen) atoms. The molecule has 0 aromatic rings. The molecule has 0 aromatic carbocycles. The highest BCUT2D eigenvalue weighted by Crippen LogP contribution is 1.96. The Hall–Kier alpha value is -0.600. The van der Waals surface area contributed by atoms with Crippen molar-refractivity contribution in [2.45, 2.75) is 6.92 Å². The lowest BCUT2D eigenvalue weighted by molar-refractivity contribution is 0.531. The fraction of sp³-hybridized carbons (Fsp3) is 0.333. The third-order valence-corrected chi connectivity index (χ3v) is 0.329. The van der Waals surface area contributed by atoms with Gasteiger partial charge in [0.1, 0.15) is 5.83 Å². The molecule has 0 aliphatic carbocycles. The van der Waals surface area contributed by atoms with Gasteiger partial charge in [-0.15, -0.1) is 0 Å². The molecule has 0 spiro atoms. The van der Waals surface area contributed by atoms with Gasteiger partial charge < -0.3 is 5.73 Å². The Morgan fingerprint density at radius 2 is 1.67 bits per heavy atom. The van der Waals surface area contributed by atoms with Crippen LogP contribution in [0.15, 0.2) is 11.8 Å². The summed E-state index contributed by atoms with van der Waals surface area (Å²) < 4.78 is 22.3. The van der Waals surface area contributed by atoms with E-state index in [4.69, 9.17) is 0 Å². The van der Waals surface area contributed by atoms with Crippen molar-refractivity contribution in [3.63, 3.8) is 0 Å². The fourth-order valence-electron chi connectivity index (χ4n) is 0. The van der Waals surface area contributed by atoms with E-state index in [1.54, 1.807) is 0 Å². The van der Waals surface area contributed by atoms with Gasteiger partial charge >= 0.3 is 0 Å². The molecule has 36 valence electrons. The van der Waals surface area contributed by atoms with Crippen molar-refractivity contribution in [3.05, 3.63) is 11.8 Å². The van der Waals surface area contributed by atoms with Gasteiger partial charge in [-0.3, -0.25) is 0 Å². The number of rotatable bonds is 0. The highest BCUT2D eigenvalue weighted by atomic mass is 19.2. The van der Waals surface area contributed by atoms with Gasteiger partial charge in [-0.2, -0.15) is 4.39 Å². The normalized spacial score (nSPS) is 13.8. The smallest absolute Gasteiger partial charge is 0.215 e. The monoisotopic (exact) mass is 93.0 g/mol. The third kappa shape index (κ3) is 1.69. The van der Waals surface area contributed by atoms with Gasteiger partial charge in [0, 0.05) is 0 Å². The SMILES string of the molecule is C/C(F)=C(\N)F. The van der Waals surface area contributed by atoms with Crippen molar-refractivity contribution in [2.24, 2.45) is 5.73 Å². The molecular formula is C3H5F2N. The van der Waals surface area contributed by atoms with Crippen LogP contribution < -0.4 is 5.73 Å². The second kappa shape index (κ2) is 1.74. The molecule has 0 atom stereocenters. The Bertz CT molecular complexity index is 58.9. The average Bonchev–Trinajstić information content (AvgIpc) is 1.36. The first-order valence-electron chi connectivity index (χ1n) is 1.42. The van der Waals surface area contributed by atoms with Crippen LogP contribution in [0, 0.1) is 0 Å². The largest absolute Gasteiger partial charge is 0.373 e. The second-order valence-corrected chi connectivity index (χ2v) is 0.881. The molecule has 0 saturated heterocycles. The molecule has 1 nitrogen and oxygen atoms in total. The van der Waals surface area contributed by atoms with Crippen molar-refractivity contribution < 1.29 is 8.78 Å². The zero-order valence-electron chi connectivity index (χ0n) is 3.33. The van der Waals surface area contributed by atoms with Gasteiger partial charge in [-0.25, -0.2) is 4.39 Å². The maximum Gasteiger partial charge on any atom is 0.215 e. The van der Waals surface area contributed by atoms with Crippen LogP contribution >= 0.6 is 0 Å². The highest BCUT2D eigenvalue weighted by Gasteiger charge is 1.87. The molecule has 0 aromatic heterocycles. The van der Waals surface area contributed by atoms with Crippen molar-refractivity contribution in [3.8, 4) is 0 Å². The van der Waals surface area contributed by atoms with Crippen LogP contribution in [0.3, 0.4) is 0 Å². The van der Waals surface area contributed by atoms with Crippen LogP contribution in [0.25, 0.3) is 0 Å². The molecule has 0 aliphatic heterocycles. The summed E-state index contributed by atoms with van der Waals surface area (Å²) in [5.74, 6) is -2.20. The zero-order chi connectivity index (χ0) is 5.15. The van der Waals surface area contributed by atoms with E-state index in [-0.39, 0.29) is 0 Å². The van der Waals surface area contributed by atoms with Gasteiger partial charge in [0.2, 0.25) is 5.95 Å². The molecule has 0 bridgehead atoms. The summed E-state index contributed by atoms with van der Waals surface area (Å²) in [4.78, 5) is 0. The Kier molecular flexibility index (Phi) is 1.57. The van der Waals surface area contributed by atoms with E-state index in [0.717, 1.165) is 6.92 Å². The number of allylic oxidation sites excluding steroid dienone is 1. The maximum absolute atomic E-state index is 11.2. The topological polar surface area (TPSA) is 26.0 Å². The van der Waals surface area contributed by atoms with Gasteiger partial charge in [-0.1, -0.05) is 0 Å². The molecule has 0 unspecified atom stereocenters. The van der Waals surface area contributed by atoms with E-state index in [0.29, 0.717) is 0 Å². The summed E-state index contributed by atoms with van der Waals surface area (Å²) >= 11 is 0. The van der Waals surface area contributed by atoms with Crippen LogP contribution in [-0.2, 0) is 0 Å². The quantitative estimate of drug-likeness (QED) is 0.445. The van der Waals surface area contributed by atoms with Gasteiger partial charge in [0.15, 0.2) is 0 Å². The van der Waals surface area contributed by atoms with Crippen molar-refractivity contribution in [1.29, 1.82) is 0 Å². The summed E-state index contributed by atoms with van der Waals surface area (Å²) in [7, 11) is 0. The molecule has 0 amide bonds. The van der Waals surface area contributed by atoms with E-state index in [2.05, 4.69) is 5.73 Å². The van der Waals surface area contributed by atoms with Gasteiger partial charge in [0.05, 0.1) is 0 Å². The van der Waals surface area contributed by atoms with Crippen molar-refractivity contribution >= 4 is 0 Å². The lowest BCUT2D eigenvalue weighted by atomic mass is 10.6. The summed E-state index contributed by atoms with van der Waals surface area (Å²) in [5, 5.41) is 0. The highest BCUT2D eigenvalue weighted by molar-refractivity contribution is 4.89. The predicted molar refractivity (Wildman–Crippen MR) is 19.1 cm³/mol. The average molecular weight is 93.1 g/mol. The molecule has 2 N–H and O–H groups in total. The van der Waals surface area contributed by atoms with Crippen LogP contribution in [-0.4, -0.2) is 0 Å². The van der Waals surface area contributed by atoms with E-state index >= 15 is 0 Å². The Labute approximate surface area is 34.5 Å². The molecule has 0 fully saturated rings. The van der Waals surface area contributed by atoms with Gasteiger partial charge in [0.25, 0.3) is 0 Å². The minimum absolute atomic E-state index is 0.954. The molecule has 0 aliphatic rings. The summed E-state index contributed by atoms with van der Waals surface area (Å²) in [6.45, 7) is 0.954. The zero-order valence-corrected chi connectivity index (χ0v) is 3.33. The van der Waals surface area contributed by atoms with Crippen molar-refractivity contribution in [2.75, 3.05) is 0 Å².